The normalized spacial score (nSPS) is 17.1. The highest BCUT2D eigenvalue weighted by molar-refractivity contribution is 6.31. The second-order valence-electron chi connectivity index (χ2n) is 5.80. The minimum Gasteiger partial charge on any atom is -0.366 e. The van der Waals surface area contributed by atoms with Crippen LogP contribution in [-0.2, 0) is 6.54 Å². The van der Waals surface area contributed by atoms with Gasteiger partial charge in [-0.25, -0.2) is 0 Å². The van der Waals surface area contributed by atoms with E-state index in [0.29, 0.717) is 5.92 Å². The topological polar surface area (TPSA) is 29.3 Å². The van der Waals surface area contributed by atoms with Crippen molar-refractivity contribution in [2.24, 2.45) is 5.73 Å². The van der Waals surface area contributed by atoms with E-state index in [4.69, 9.17) is 17.3 Å². The summed E-state index contributed by atoms with van der Waals surface area (Å²) in [7, 11) is 0. The van der Waals surface area contributed by atoms with Crippen molar-refractivity contribution in [3.8, 4) is 0 Å². The van der Waals surface area contributed by atoms with E-state index in [0.717, 1.165) is 36.6 Å². The Kier molecular flexibility index (Phi) is 4.18. The van der Waals surface area contributed by atoms with Crippen LogP contribution in [0.25, 0.3) is 0 Å². The molecule has 3 rings (SSSR count). The number of nitrogens with zero attached hydrogens (tertiary/aromatic N) is 1. The fourth-order valence-corrected chi connectivity index (χ4v) is 3.34. The molecule has 0 bridgehead atoms. The predicted octanol–water partition coefficient (Wildman–Crippen LogP) is 4.10. The van der Waals surface area contributed by atoms with Crippen LogP contribution in [0.15, 0.2) is 42.5 Å². The Morgan fingerprint density at radius 1 is 1.24 bits per heavy atom. The molecule has 0 aliphatic carbocycles. The summed E-state index contributed by atoms with van der Waals surface area (Å²) in [4.78, 5) is 2.44. The summed E-state index contributed by atoms with van der Waals surface area (Å²) in [5, 5.41) is 0.846. The SMILES string of the molecule is Cc1ccc(CN2CC(CCN)c3ccccc32)cc1Cl. The number of para-hydroxylation sites is 1. The number of fused-ring (bicyclic) bond motifs is 1. The highest BCUT2D eigenvalue weighted by Gasteiger charge is 2.27. The lowest BCUT2D eigenvalue weighted by molar-refractivity contribution is 0.644. The van der Waals surface area contributed by atoms with Gasteiger partial charge in [-0.2, -0.15) is 0 Å². The van der Waals surface area contributed by atoms with E-state index in [9.17, 15) is 0 Å². The van der Waals surface area contributed by atoms with Gasteiger partial charge in [0.25, 0.3) is 0 Å². The van der Waals surface area contributed by atoms with Crippen molar-refractivity contribution in [1.82, 2.24) is 0 Å². The van der Waals surface area contributed by atoms with Gasteiger partial charge in [-0.3, -0.25) is 0 Å². The van der Waals surface area contributed by atoms with Crippen molar-refractivity contribution in [1.29, 1.82) is 0 Å². The number of anilines is 1. The van der Waals surface area contributed by atoms with Gasteiger partial charge in [0.2, 0.25) is 0 Å². The molecule has 3 heteroatoms. The molecule has 0 fully saturated rings. The van der Waals surface area contributed by atoms with E-state index in [1.54, 1.807) is 0 Å². The molecule has 1 unspecified atom stereocenters. The van der Waals surface area contributed by atoms with Crippen molar-refractivity contribution >= 4 is 17.3 Å². The summed E-state index contributed by atoms with van der Waals surface area (Å²) in [6.07, 6.45) is 1.04. The molecule has 1 heterocycles. The number of hydrogen-bond donors (Lipinski definition) is 1. The van der Waals surface area contributed by atoms with Crippen molar-refractivity contribution in [2.75, 3.05) is 18.0 Å². The third-order valence-electron chi connectivity index (χ3n) is 4.28. The van der Waals surface area contributed by atoms with Gasteiger partial charge in [-0.15, -0.1) is 0 Å². The van der Waals surface area contributed by atoms with Gasteiger partial charge in [-0.1, -0.05) is 41.9 Å². The average molecular weight is 301 g/mol. The van der Waals surface area contributed by atoms with Crippen LogP contribution in [0.5, 0.6) is 0 Å². The fraction of sp³-hybridized carbons (Fsp3) is 0.333. The Balaban J connectivity index is 1.84. The first-order valence-electron chi connectivity index (χ1n) is 7.48. The van der Waals surface area contributed by atoms with Gasteiger partial charge < -0.3 is 10.6 Å². The number of aryl methyl sites for hydroxylation is 1. The summed E-state index contributed by atoms with van der Waals surface area (Å²) in [5.74, 6) is 0.548. The highest BCUT2D eigenvalue weighted by Crippen LogP contribution is 2.38. The van der Waals surface area contributed by atoms with E-state index >= 15 is 0 Å². The van der Waals surface area contributed by atoms with Crippen molar-refractivity contribution in [3.05, 3.63) is 64.2 Å². The molecule has 2 aromatic carbocycles. The molecule has 0 spiro atoms. The first kappa shape index (κ1) is 14.4. The zero-order valence-electron chi connectivity index (χ0n) is 12.3. The third-order valence-corrected chi connectivity index (χ3v) is 4.69. The number of halogens is 1. The van der Waals surface area contributed by atoms with Crippen molar-refractivity contribution in [3.63, 3.8) is 0 Å². The number of hydrogen-bond acceptors (Lipinski definition) is 2. The zero-order valence-corrected chi connectivity index (χ0v) is 13.1. The molecule has 1 aliphatic rings. The summed E-state index contributed by atoms with van der Waals surface area (Å²) >= 11 is 6.24. The molecule has 0 amide bonds. The van der Waals surface area contributed by atoms with Gasteiger partial charge in [0.1, 0.15) is 0 Å². The first-order valence-corrected chi connectivity index (χ1v) is 7.86. The third kappa shape index (κ3) is 2.92. The van der Waals surface area contributed by atoms with Crippen LogP contribution < -0.4 is 10.6 Å². The maximum Gasteiger partial charge on any atom is 0.0438 e. The Labute approximate surface area is 131 Å². The lowest BCUT2D eigenvalue weighted by Crippen LogP contribution is -2.22. The fourth-order valence-electron chi connectivity index (χ4n) is 3.14. The molecule has 2 N–H and O–H groups in total. The van der Waals surface area contributed by atoms with Crippen LogP contribution in [0.1, 0.15) is 29.0 Å². The highest BCUT2D eigenvalue weighted by atomic mass is 35.5. The summed E-state index contributed by atoms with van der Waals surface area (Å²) in [6.45, 7) is 4.72. The maximum absolute atomic E-state index is 6.24. The van der Waals surface area contributed by atoms with Crippen LogP contribution >= 0.6 is 11.6 Å². The Morgan fingerprint density at radius 3 is 2.81 bits per heavy atom. The maximum atomic E-state index is 6.24. The molecule has 0 aromatic heterocycles. The summed E-state index contributed by atoms with van der Waals surface area (Å²) < 4.78 is 0. The Hall–Kier alpha value is -1.51. The second kappa shape index (κ2) is 6.08. The summed E-state index contributed by atoms with van der Waals surface area (Å²) in [6, 6.07) is 15.0. The largest absolute Gasteiger partial charge is 0.366 e. The average Bonchev–Trinajstić information content (AvgIpc) is 2.82. The van der Waals surface area contributed by atoms with Gasteiger partial charge in [0.05, 0.1) is 0 Å². The molecule has 21 heavy (non-hydrogen) atoms. The molecule has 0 radical (unpaired) electrons. The van der Waals surface area contributed by atoms with E-state index in [-0.39, 0.29) is 0 Å². The van der Waals surface area contributed by atoms with Gasteiger partial charge >= 0.3 is 0 Å². The van der Waals surface area contributed by atoms with E-state index in [1.165, 1.54) is 16.8 Å². The van der Waals surface area contributed by atoms with E-state index in [2.05, 4.69) is 47.4 Å². The molecule has 1 atom stereocenters. The quantitative estimate of drug-likeness (QED) is 0.921. The summed E-state index contributed by atoms with van der Waals surface area (Å²) in [5.41, 5.74) is 10.9. The number of rotatable bonds is 4. The van der Waals surface area contributed by atoms with Crippen LogP contribution in [0.2, 0.25) is 5.02 Å². The minimum absolute atomic E-state index is 0.548. The van der Waals surface area contributed by atoms with Crippen LogP contribution in [0.4, 0.5) is 5.69 Å². The monoisotopic (exact) mass is 300 g/mol. The molecule has 0 saturated carbocycles. The molecule has 2 aromatic rings. The van der Waals surface area contributed by atoms with Gasteiger partial charge in [0.15, 0.2) is 0 Å². The Morgan fingerprint density at radius 2 is 2.05 bits per heavy atom. The minimum atomic E-state index is 0.548. The lowest BCUT2D eigenvalue weighted by Gasteiger charge is -2.20. The first-order chi connectivity index (χ1) is 10.2. The van der Waals surface area contributed by atoms with Crippen LogP contribution in [0, 0.1) is 6.92 Å². The van der Waals surface area contributed by atoms with E-state index in [1.807, 2.05) is 6.92 Å². The zero-order chi connectivity index (χ0) is 14.8. The van der Waals surface area contributed by atoms with Gasteiger partial charge in [0, 0.05) is 29.7 Å². The predicted molar refractivity (Wildman–Crippen MR) is 90.1 cm³/mol. The standard InChI is InChI=1S/C18H21ClN2/c1-13-6-7-14(10-17(13)19)11-21-12-15(8-9-20)16-4-2-3-5-18(16)21/h2-7,10,15H,8-9,11-12,20H2,1H3. The molecule has 1 aliphatic heterocycles. The molecule has 0 saturated heterocycles. The number of nitrogens with two attached hydrogens (primary N) is 1. The van der Waals surface area contributed by atoms with Gasteiger partial charge in [-0.05, 0) is 48.7 Å². The molecular weight excluding hydrogens is 280 g/mol. The van der Waals surface area contributed by atoms with Crippen molar-refractivity contribution in [2.45, 2.75) is 25.8 Å². The van der Waals surface area contributed by atoms with E-state index < -0.39 is 0 Å². The van der Waals surface area contributed by atoms with Crippen LogP contribution in [0.3, 0.4) is 0 Å². The lowest BCUT2D eigenvalue weighted by atomic mass is 9.98. The molecule has 2 nitrogen and oxygen atoms in total. The second-order valence-corrected chi connectivity index (χ2v) is 6.20. The van der Waals surface area contributed by atoms with Crippen LogP contribution in [-0.4, -0.2) is 13.1 Å². The number of benzene rings is 2. The smallest absolute Gasteiger partial charge is 0.0438 e. The molecule has 110 valence electrons. The Bertz CT molecular complexity index is 639. The molecular formula is C18H21ClN2. The van der Waals surface area contributed by atoms with Crippen molar-refractivity contribution < 1.29 is 0 Å².